The van der Waals surface area contributed by atoms with Crippen molar-refractivity contribution < 1.29 is 9.53 Å². The number of morpholine rings is 1. The maximum absolute atomic E-state index is 12.1. The zero-order valence-corrected chi connectivity index (χ0v) is 16.7. The number of nitrogens with one attached hydrogen (secondary N) is 3. The summed E-state index contributed by atoms with van der Waals surface area (Å²) < 4.78 is 5.39. The number of benzene rings is 1. The van der Waals surface area contributed by atoms with Crippen LogP contribution in [0, 0.1) is 20.8 Å². The Morgan fingerprint density at radius 2 is 1.89 bits per heavy atom. The lowest BCUT2D eigenvalue weighted by atomic mass is 10.1. The van der Waals surface area contributed by atoms with Crippen molar-refractivity contribution in [2.45, 2.75) is 20.8 Å². The number of hydrogen-bond donors (Lipinski definition) is 3. The molecule has 8 nitrogen and oxygen atoms in total. The quantitative estimate of drug-likeness (QED) is 0.663. The highest BCUT2D eigenvalue weighted by Crippen LogP contribution is 2.17. The summed E-state index contributed by atoms with van der Waals surface area (Å²) in [5.41, 5.74) is 3.92. The highest BCUT2D eigenvalue weighted by molar-refractivity contribution is 5.90. The molecule has 0 spiro atoms. The first kappa shape index (κ1) is 19.9. The molecule has 1 aromatic carbocycles. The fraction of sp³-hybridized carbons (Fsp3) is 0.450. The van der Waals surface area contributed by atoms with Gasteiger partial charge in [0, 0.05) is 43.6 Å². The normalized spacial score (nSPS) is 13.9. The molecule has 2 amide bonds. The van der Waals surface area contributed by atoms with Gasteiger partial charge in [-0.3, -0.25) is 0 Å². The summed E-state index contributed by atoms with van der Waals surface area (Å²) in [5, 5.41) is 8.89. The summed E-state index contributed by atoms with van der Waals surface area (Å²) in [6.07, 6.45) is 0. The molecule has 1 aliphatic heterocycles. The second-order valence-corrected chi connectivity index (χ2v) is 6.92. The lowest BCUT2D eigenvalue weighted by Crippen LogP contribution is -2.37. The molecule has 28 heavy (non-hydrogen) atoms. The molecule has 1 saturated heterocycles. The molecule has 2 heterocycles. The van der Waals surface area contributed by atoms with E-state index in [1.807, 2.05) is 45.0 Å². The van der Waals surface area contributed by atoms with Crippen molar-refractivity contribution in [3.8, 4) is 0 Å². The van der Waals surface area contributed by atoms with Crippen molar-refractivity contribution in [1.29, 1.82) is 0 Å². The molecule has 8 heteroatoms. The van der Waals surface area contributed by atoms with Crippen molar-refractivity contribution in [2.75, 3.05) is 54.9 Å². The molecule has 1 fully saturated rings. The van der Waals surface area contributed by atoms with Crippen molar-refractivity contribution in [3.05, 3.63) is 41.1 Å². The van der Waals surface area contributed by atoms with Gasteiger partial charge in [0.2, 0.25) is 5.95 Å². The van der Waals surface area contributed by atoms with E-state index < -0.39 is 0 Å². The van der Waals surface area contributed by atoms with Gasteiger partial charge in [-0.25, -0.2) is 9.78 Å². The number of hydrogen-bond acceptors (Lipinski definition) is 6. The largest absolute Gasteiger partial charge is 0.378 e. The Balaban J connectivity index is 1.47. The number of aromatic nitrogens is 2. The van der Waals surface area contributed by atoms with Crippen LogP contribution >= 0.6 is 0 Å². The van der Waals surface area contributed by atoms with Crippen LogP contribution in [0.25, 0.3) is 0 Å². The number of ether oxygens (including phenoxy) is 1. The van der Waals surface area contributed by atoms with Gasteiger partial charge in [-0.05, 0) is 32.4 Å². The number of nitrogens with zero attached hydrogens (tertiary/aromatic N) is 3. The van der Waals surface area contributed by atoms with Crippen LogP contribution in [0.15, 0.2) is 24.3 Å². The molecule has 0 bridgehead atoms. The molecule has 0 saturated carbocycles. The summed E-state index contributed by atoms with van der Waals surface area (Å²) in [5.74, 6) is 1.47. The van der Waals surface area contributed by atoms with Crippen molar-refractivity contribution in [3.63, 3.8) is 0 Å². The van der Waals surface area contributed by atoms with Crippen LogP contribution in [0.1, 0.15) is 16.8 Å². The average molecular weight is 384 g/mol. The van der Waals surface area contributed by atoms with Gasteiger partial charge in [0.1, 0.15) is 5.82 Å². The number of rotatable bonds is 6. The maximum Gasteiger partial charge on any atom is 0.319 e. The fourth-order valence-corrected chi connectivity index (χ4v) is 3.06. The number of urea groups is 1. The first-order valence-corrected chi connectivity index (χ1v) is 9.55. The van der Waals surface area contributed by atoms with Gasteiger partial charge in [0.15, 0.2) is 0 Å². The van der Waals surface area contributed by atoms with Crippen molar-refractivity contribution >= 4 is 23.5 Å². The number of carbonyl (C=O) groups excluding carboxylic acids is 1. The Bertz CT molecular complexity index is 820. The number of carbonyl (C=O) groups is 1. The van der Waals surface area contributed by atoms with Crippen LogP contribution in [0.2, 0.25) is 0 Å². The molecule has 0 unspecified atom stereocenters. The van der Waals surface area contributed by atoms with Crippen LogP contribution in [0.3, 0.4) is 0 Å². The highest BCUT2D eigenvalue weighted by atomic mass is 16.5. The summed E-state index contributed by atoms with van der Waals surface area (Å²) in [7, 11) is 0. The lowest BCUT2D eigenvalue weighted by molar-refractivity contribution is 0.122. The maximum atomic E-state index is 12.1. The third-order valence-corrected chi connectivity index (χ3v) is 4.50. The molecule has 3 rings (SSSR count). The van der Waals surface area contributed by atoms with Gasteiger partial charge in [0.05, 0.1) is 13.2 Å². The Kier molecular flexibility index (Phi) is 6.65. The average Bonchev–Trinajstić information content (AvgIpc) is 2.68. The minimum Gasteiger partial charge on any atom is -0.378 e. The van der Waals surface area contributed by atoms with Gasteiger partial charge in [-0.15, -0.1) is 0 Å². The monoisotopic (exact) mass is 384 g/mol. The predicted molar refractivity (Wildman–Crippen MR) is 111 cm³/mol. The van der Waals surface area contributed by atoms with E-state index >= 15 is 0 Å². The van der Waals surface area contributed by atoms with E-state index in [1.165, 1.54) is 5.56 Å². The Morgan fingerprint density at radius 1 is 1.11 bits per heavy atom. The first-order valence-electron chi connectivity index (χ1n) is 9.55. The summed E-state index contributed by atoms with van der Waals surface area (Å²) >= 11 is 0. The van der Waals surface area contributed by atoms with E-state index in [0.717, 1.165) is 35.9 Å². The van der Waals surface area contributed by atoms with Crippen molar-refractivity contribution in [1.82, 2.24) is 15.3 Å². The van der Waals surface area contributed by atoms with E-state index in [9.17, 15) is 4.79 Å². The predicted octanol–water partition coefficient (Wildman–Crippen LogP) is 2.47. The minimum atomic E-state index is -0.229. The Morgan fingerprint density at radius 3 is 2.64 bits per heavy atom. The second kappa shape index (κ2) is 9.36. The van der Waals surface area contributed by atoms with Gasteiger partial charge in [0.25, 0.3) is 0 Å². The summed E-state index contributed by atoms with van der Waals surface area (Å²) in [6, 6.07) is 7.68. The fourth-order valence-electron chi connectivity index (χ4n) is 3.06. The van der Waals surface area contributed by atoms with Gasteiger partial charge in [-0.1, -0.05) is 17.7 Å². The summed E-state index contributed by atoms with van der Waals surface area (Å²) in [6.45, 7) is 10.0. The third-order valence-electron chi connectivity index (χ3n) is 4.50. The van der Waals surface area contributed by atoms with E-state index in [1.54, 1.807) is 0 Å². The van der Waals surface area contributed by atoms with E-state index in [2.05, 4.69) is 30.8 Å². The molecule has 0 aliphatic carbocycles. The SMILES string of the molecule is Cc1ccc(NC(=O)NCCNc2nc(C)cc(N3CCOCC3)n2)c(C)c1. The molecule has 2 aromatic rings. The Hall–Kier alpha value is -2.87. The zero-order valence-electron chi connectivity index (χ0n) is 16.7. The smallest absolute Gasteiger partial charge is 0.319 e. The standard InChI is InChI=1S/C20H28N6O2/c1-14-4-5-17(15(2)12-14)24-20(27)22-7-6-21-19-23-16(3)13-18(25-19)26-8-10-28-11-9-26/h4-5,12-13H,6-11H2,1-3H3,(H,21,23,25)(H2,22,24,27). The van der Waals surface area contributed by atoms with Gasteiger partial charge in [-0.2, -0.15) is 4.98 Å². The highest BCUT2D eigenvalue weighted by Gasteiger charge is 2.14. The molecule has 0 radical (unpaired) electrons. The van der Waals surface area contributed by atoms with E-state index in [0.29, 0.717) is 32.3 Å². The molecule has 1 aliphatic rings. The molecule has 0 atom stereocenters. The van der Waals surface area contributed by atoms with Crippen LogP contribution < -0.4 is 20.9 Å². The first-order chi connectivity index (χ1) is 13.5. The molecule has 150 valence electrons. The van der Waals surface area contributed by atoms with Gasteiger partial charge < -0.3 is 25.6 Å². The number of aryl methyl sites for hydroxylation is 3. The van der Waals surface area contributed by atoms with Gasteiger partial charge >= 0.3 is 6.03 Å². The second-order valence-electron chi connectivity index (χ2n) is 6.92. The van der Waals surface area contributed by atoms with Crippen molar-refractivity contribution in [2.24, 2.45) is 0 Å². The molecular weight excluding hydrogens is 356 g/mol. The lowest BCUT2D eigenvalue weighted by Gasteiger charge is -2.28. The van der Waals surface area contributed by atoms with Crippen LogP contribution in [0.5, 0.6) is 0 Å². The van der Waals surface area contributed by atoms with E-state index in [-0.39, 0.29) is 6.03 Å². The number of amides is 2. The topological polar surface area (TPSA) is 91.4 Å². The Labute approximate surface area is 165 Å². The zero-order chi connectivity index (χ0) is 19.9. The third kappa shape index (κ3) is 5.56. The van der Waals surface area contributed by atoms with E-state index in [4.69, 9.17) is 4.74 Å². The number of anilines is 3. The summed E-state index contributed by atoms with van der Waals surface area (Å²) in [4.78, 5) is 23.3. The molecular formula is C20H28N6O2. The van der Waals surface area contributed by atoms with Crippen LogP contribution in [-0.4, -0.2) is 55.4 Å². The minimum absolute atomic E-state index is 0.229. The van der Waals surface area contributed by atoms with Crippen LogP contribution in [0.4, 0.5) is 22.2 Å². The molecule has 3 N–H and O–H groups in total. The molecule has 1 aromatic heterocycles. The van der Waals surface area contributed by atoms with Crippen LogP contribution in [-0.2, 0) is 4.74 Å².